The molecule has 1 heterocycles. The number of hydrogen-bond donors (Lipinski definition) is 1. The Morgan fingerprint density at radius 2 is 1.68 bits per heavy atom. The van der Waals surface area contributed by atoms with Crippen LogP contribution in [0.3, 0.4) is 0 Å². The lowest BCUT2D eigenvalue weighted by Gasteiger charge is -2.10. The molecule has 8 heteroatoms. The van der Waals surface area contributed by atoms with E-state index in [1.807, 2.05) is 32.9 Å². The molecule has 0 aliphatic carbocycles. The van der Waals surface area contributed by atoms with Crippen molar-refractivity contribution in [1.29, 1.82) is 0 Å². The summed E-state index contributed by atoms with van der Waals surface area (Å²) < 4.78 is 27.1. The molecule has 146 valence electrons. The van der Waals surface area contributed by atoms with Gasteiger partial charge in [0.25, 0.3) is 10.0 Å². The first-order chi connectivity index (χ1) is 13.2. The summed E-state index contributed by atoms with van der Waals surface area (Å²) in [7, 11) is -4.02. The van der Waals surface area contributed by atoms with Crippen molar-refractivity contribution in [2.24, 2.45) is 0 Å². The van der Waals surface area contributed by atoms with E-state index in [0.717, 1.165) is 27.5 Å². The van der Waals surface area contributed by atoms with Crippen molar-refractivity contribution in [3.05, 3.63) is 82.0 Å². The van der Waals surface area contributed by atoms with Gasteiger partial charge in [0, 0.05) is 18.1 Å². The Bertz CT molecular complexity index is 1190. The van der Waals surface area contributed by atoms with Crippen LogP contribution in [-0.4, -0.2) is 22.9 Å². The van der Waals surface area contributed by atoms with Gasteiger partial charge in [0.05, 0.1) is 4.90 Å². The summed E-state index contributed by atoms with van der Waals surface area (Å²) in [6.07, 6.45) is 2.44. The maximum absolute atomic E-state index is 12.7. The second-order valence-electron chi connectivity index (χ2n) is 6.62. The van der Waals surface area contributed by atoms with E-state index in [4.69, 9.17) is 0 Å². The van der Waals surface area contributed by atoms with Crippen molar-refractivity contribution in [1.82, 2.24) is 8.54 Å². The molecule has 0 saturated heterocycles. The number of nitrogens with one attached hydrogen (secondary N) is 1. The summed E-state index contributed by atoms with van der Waals surface area (Å²) in [5.74, 6) is -0.415. The molecule has 0 saturated carbocycles. The summed E-state index contributed by atoms with van der Waals surface area (Å²) in [6, 6.07) is 11.7. The third-order valence-corrected chi connectivity index (χ3v) is 6.25. The van der Waals surface area contributed by atoms with Gasteiger partial charge in [-0.2, -0.15) is 3.97 Å². The number of nitrogens with zero attached hydrogens (tertiary/aromatic N) is 2. The van der Waals surface area contributed by atoms with E-state index in [1.54, 1.807) is 18.2 Å². The van der Waals surface area contributed by atoms with Gasteiger partial charge in [0.2, 0.25) is 5.91 Å². The zero-order valence-corrected chi connectivity index (χ0v) is 16.7. The van der Waals surface area contributed by atoms with Crippen molar-refractivity contribution < 1.29 is 13.2 Å². The number of aryl methyl sites for hydroxylation is 2. The van der Waals surface area contributed by atoms with Gasteiger partial charge in [-0.25, -0.2) is 13.2 Å². The second-order valence-corrected chi connectivity index (χ2v) is 8.43. The highest BCUT2D eigenvalue weighted by atomic mass is 32.2. The SMILES string of the molecule is Cc1ccc(S(=O)(=O)n2ccn(CC(=O)Nc3cccc(C)c3C)c2=O)cc1. The molecule has 0 bridgehead atoms. The number of benzene rings is 2. The second kappa shape index (κ2) is 7.47. The molecule has 2 aromatic carbocycles. The minimum Gasteiger partial charge on any atom is -0.324 e. The molecule has 0 unspecified atom stereocenters. The number of carbonyl (C=O) groups excluding carboxylic acids is 1. The van der Waals surface area contributed by atoms with Crippen LogP contribution in [0.25, 0.3) is 0 Å². The molecule has 0 spiro atoms. The molecular weight excluding hydrogens is 378 g/mol. The van der Waals surface area contributed by atoms with Crippen molar-refractivity contribution >= 4 is 21.6 Å². The fourth-order valence-corrected chi connectivity index (χ4v) is 3.99. The third-order valence-electron chi connectivity index (χ3n) is 4.59. The molecule has 3 rings (SSSR count). The highest BCUT2D eigenvalue weighted by molar-refractivity contribution is 7.90. The molecule has 1 amide bonds. The molecule has 0 radical (unpaired) electrons. The molecule has 0 fully saturated rings. The van der Waals surface area contributed by atoms with E-state index >= 15 is 0 Å². The molecule has 0 aliphatic rings. The van der Waals surface area contributed by atoms with E-state index in [2.05, 4.69) is 5.32 Å². The number of aromatic nitrogens is 2. The predicted octanol–water partition coefficient (Wildman–Crippen LogP) is 2.45. The summed E-state index contributed by atoms with van der Waals surface area (Å²) in [4.78, 5) is 24.9. The van der Waals surface area contributed by atoms with Crippen LogP contribution in [-0.2, 0) is 21.4 Å². The van der Waals surface area contributed by atoms with Crippen LogP contribution < -0.4 is 11.0 Å². The molecule has 3 aromatic rings. The molecule has 0 atom stereocenters. The van der Waals surface area contributed by atoms with Gasteiger partial charge in [0.1, 0.15) is 6.54 Å². The summed E-state index contributed by atoms with van der Waals surface area (Å²) >= 11 is 0. The number of amides is 1. The maximum Gasteiger partial charge on any atom is 0.342 e. The average Bonchev–Trinajstić information content (AvgIpc) is 3.00. The topological polar surface area (TPSA) is 90.2 Å². The van der Waals surface area contributed by atoms with Gasteiger partial charge in [0.15, 0.2) is 0 Å². The molecule has 0 aliphatic heterocycles. The van der Waals surface area contributed by atoms with Crippen molar-refractivity contribution in [2.75, 3.05) is 5.32 Å². The monoisotopic (exact) mass is 399 g/mol. The van der Waals surface area contributed by atoms with Crippen LogP contribution in [0.2, 0.25) is 0 Å². The first-order valence-corrected chi connectivity index (χ1v) is 10.1. The standard InChI is InChI=1S/C20H21N3O4S/c1-14-7-9-17(10-8-14)28(26,27)23-12-11-22(20(23)25)13-19(24)21-18-6-4-5-15(2)16(18)3/h4-12H,13H2,1-3H3,(H,21,24). The smallest absolute Gasteiger partial charge is 0.324 e. The first kappa shape index (κ1) is 19.6. The molecular formula is C20H21N3O4S. The summed E-state index contributed by atoms with van der Waals surface area (Å²) in [5.41, 5.74) is 2.74. The molecule has 1 aromatic heterocycles. The van der Waals surface area contributed by atoms with Gasteiger partial charge < -0.3 is 5.32 Å². The van der Waals surface area contributed by atoms with E-state index in [1.165, 1.54) is 18.3 Å². The van der Waals surface area contributed by atoms with Crippen LogP contribution in [0.5, 0.6) is 0 Å². The minimum absolute atomic E-state index is 0.0118. The Hall–Kier alpha value is -3.13. The lowest BCUT2D eigenvalue weighted by molar-refractivity contribution is -0.116. The predicted molar refractivity (Wildman–Crippen MR) is 107 cm³/mol. The Kier molecular flexibility index (Phi) is 5.24. The number of imidazole rings is 1. The number of carbonyl (C=O) groups is 1. The van der Waals surface area contributed by atoms with E-state index in [-0.39, 0.29) is 11.4 Å². The van der Waals surface area contributed by atoms with E-state index in [9.17, 15) is 18.0 Å². The number of hydrogen-bond acceptors (Lipinski definition) is 4. The lowest BCUT2D eigenvalue weighted by Crippen LogP contribution is -2.32. The summed E-state index contributed by atoms with van der Waals surface area (Å²) in [6.45, 7) is 5.38. The van der Waals surface area contributed by atoms with Gasteiger partial charge in [-0.05, 0) is 50.1 Å². The quantitative estimate of drug-likeness (QED) is 0.714. The normalized spacial score (nSPS) is 11.4. The zero-order chi connectivity index (χ0) is 20.5. The first-order valence-electron chi connectivity index (χ1n) is 8.66. The fraction of sp³-hybridized carbons (Fsp3) is 0.200. The van der Waals surface area contributed by atoms with Crippen molar-refractivity contribution in [3.8, 4) is 0 Å². The van der Waals surface area contributed by atoms with Crippen LogP contribution in [0, 0.1) is 20.8 Å². The van der Waals surface area contributed by atoms with Crippen molar-refractivity contribution in [3.63, 3.8) is 0 Å². The zero-order valence-electron chi connectivity index (χ0n) is 15.8. The van der Waals surface area contributed by atoms with Crippen molar-refractivity contribution in [2.45, 2.75) is 32.2 Å². The molecule has 7 nitrogen and oxygen atoms in total. The average molecular weight is 399 g/mol. The lowest BCUT2D eigenvalue weighted by atomic mass is 10.1. The molecule has 28 heavy (non-hydrogen) atoms. The maximum atomic E-state index is 12.7. The largest absolute Gasteiger partial charge is 0.342 e. The Balaban J connectivity index is 1.83. The van der Waals surface area contributed by atoms with Gasteiger partial charge in [-0.1, -0.05) is 29.8 Å². The third kappa shape index (κ3) is 3.77. The highest BCUT2D eigenvalue weighted by Crippen LogP contribution is 2.18. The van der Waals surface area contributed by atoms with Crippen LogP contribution in [0.15, 0.2) is 64.5 Å². The Labute approximate surface area is 163 Å². The van der Waals surface area contributed by atoms with E-state index < -0.39 is 21.6 Å². The van der Waals surface area contributed by atoms with Crippen LogP contribution in [0.1, 0.15) is 16.7 Å². The fourth-order valence-electron chi connectivity index (χ4n) is 2.75. The molecule has 1 N–H and O–H groups in total. The Morgan fingerprint density at radius 3 is 2.36 bits per heavy atom. The van der Waals surface area contributed by atoms with Crippen LogP contribution >= 0.6 is 0 Å². The van der Waals surface area contributed by atoms with E-state index in [0.29, 0.717) is 9.66 Å². The highest BCUT2D eigenvalue weighted by Gasteiger charge is 2.21. The number of rotatable bonds is 5. The van der Waals surface area contributed by atoms with Gasteiger partial charge >= 0.3 is 5.69 Å². The Morgan fingerprint density at radius 1 is 1.00 bits per heavy atom. The minimum atomic E-state index is -4.02. The summed E-state index contributed by atoms with van der Waals surface area (Å²) in [5, 5.41) is 2.76. The van der Waals surface area contributed by atoms with Crippen LogP contribution in [0.4, 0.5) is 5.69 Å². The van der Waals surface area contributed by atoms with Gasteiger partial charge in [-0.3, -0.25) is 9.36 Å². The number of anilines is 1. The van der Waals surface area contributed by atoms with Gasteiger partial charge in [-0.15, -0.1) is 0 Å².